The first-order chi connectivity index (χ1) is 17.0. The van der Waals surface area contributed by atoms with Crippen LogP contribution in [0.5, 0.6) is 0 Å². The maximum Gasteiger partial charge on any atom is 0.336 e. The normalized spacial score (nSPS) is 25.1. The fourth-order valence-electron chi connectivity index (χ4n) is 6.12. The van der Waals surface area contributed by atoms with Crippen molar-refractivity contribution in [1.82, 2.24) is 0 Å². The van der Waals surface area contributed by atoms with Gasteiger partial charge in [0.15, 0.2) is 0 Å². The highest BCUT2D eigenvalue weighted by molar-refractivity contribution is 6.12. The number of ether oxygens (including phenoxy) is 1. The molecule has 4 heteroatoms. The number of rotatable bonds is 5. The summed E-state index contributed by atoms with van der Waals surface area (Å²) in [7, 11) is 0. The molecular weight excluding hydrogens is 434 g/mol. The highest BCUT2D eigenvalue weighted by atomic mass is 16.5. The van der Waals surface area contributed by atoms with Crippen LogP contribution in [0, 0.1) is 5.92 Å². The van der Waals surface area contributed by atoms with Gasteiger partial charge < -0.3 is 4.74 Å². The number of nitrogens with zero attached hydrogens (tertiary/aromatic N) is 1. The van der Waals surface area contributed by atoms with E-state index >= 15 is 0 Å². The molecule has 2 aromatic rings. The van der Waals surface area contributed by atoms with Gasteiger partial charge in [-0.1, -0.05) is 67.9 Å². The average molecular weight is 470 g/mol. The number of carbonyl (C=O) groups is 2. The smallest absolute Gasteiger partial charge is 0.336 e. The number of aliphatic imine (C=N–C) groups is 1. The van der Waals surface area contributed by atoms with Crippen LogP contribution in [-0.2, 0) is 20.7 Å². The molecule has 5 rings (SSSR count). The number of carbonyl (C=O) groups excluding carboxylic acids is 2. The highest BCUT2D eigenvalue weighted by Gasteiger charge is 2.46. The Morgan fingerprint density at radius 1 is 0.914 bits per heavy atom. The highest BCUT2D eigenvalue weighted by Crippen LogP contribution is 2.46. The van der Waals surface area contributed by atoms with Crippen molar-refractivity contribution in [3.05, 3.63) is 82.6 Å². The van der Waals surface area contributed by atoms with E-state index in [0.29, 0.717) is 17.7 Å². The zero-order chi connectivity index (χ0) is 24.4. The topological polar surface area (TPSA) is 55.7 Å². The number of hydrogen-bond acceptors (Lipinski definition) is 4. The number of aryl methyl sites for hydroxylation is 1. The van der Waals surface area contributed by atoms with Gasteiger partial charge >= 0.3 is 5.97 Å². The van der Waals surface area contributed by atoms with Gasteiger partial charge in [-0.25, -0.2) is 4.79 Å². The number of benzene rings is 2. The number of ketones is 1. The molecule has 0 aromatic heterocycles. The van der Waals surface area contributed by atoms with Gasteiger partial charge in [0, 0.05) is 23.7 Å². The molecule has 4 nitrogen and oxygen atoms in total. The molecule has 2 fully saturated rings. The summed E-state index contributed by atoms with van der Waals surface area (Å²) in [6.45, 7) is 4.04. The standard InChI is InChI=1S/C31H35NO3/c1-3-21-14-16-23(17-15-21)29-28(31(34)35-25-12-8-5-9-13-25)20(2)32-26-18-24(19-27(33)30(26)29)22-10-6-4-7-11-22/h4,6-7,10-11,14-17,24-25,29-30H,3,5,8-9,12-13,18-19H2,1-2H3/t24-,29+,30?/m0/s1. The predicted molar refractivity (Wildman–Crippen MR) is 139 cm³/mol. The Kier molecular flexibility index (Phi) is 6.99. The summed E-state index contributed by atoms with van der Waals surface area (Å²) >= 11 is 0. The molecule has 3 atom stereocenters. The maximum atomic E-state index is 13.7. The minimum atomic E-state index is -0.403. The Morgan fingerprint density at radius 2 is 1.63 bits per heavy atom. The Bertz CT molecular complexity index is 1140. The van der Waals surface area contributed by atoms with Crippen LogP contribution in [-0.4, -0.2) is 23.6 Å². The third kappa shape index (κ3) is 4.89. The van der Waals surface area contributed by atoms with Gasteiger partial charge in [0.05, 0.1) is 11.5 Å². The molecule has 0 N–H and O–H groups in total. The molecule has 0 amide bonds. The molecular formula is C31H35NO3. The summed E-state index contributed by atoms with van der Waals surface area (Å²) in [5.41, 5.74) is 5.59. The largest absolute Gasteiger partial charge is 0.459 e. The van der Waals surface area contributed by atoms with Gasteiger partial charge in [0.1, 0.15) is 11.9 Å². The lowest BCUT2D eigenvalue weighted by Gasteiger charge is -2.38. The van der Waals surface area contributed by atoms with E-state index in [1.165, 1.54) is 17.5 Å². The molecule has 182 valence electrons. The van der Waals surface area contributed by atoms with Crippen molar-refractivity contribution in [3.63, 3.8) is 0 Å². The van der Waals surface area contributed by atoms with Crippen molar-refractivity contribution < 1.29 is 14.3 Å². The first-order valence-corrected chi connectivity index (χ1v) is 13.2. The number of allylic oxidation sites excluding steroid dienone is 1. The quantitative estimate of drug-likeness (QED) is 0.458. The summed E-state index contributed by atoms with van der Waals surface area (Å²) in [6, 6.07) is 18.6. The number of hydrogen-bond donors (Lipinski definition) is 0. The summed E-state index contributed by atoms with van der Waals surface area (Å²) in [6.07, 6.45) is 7.37. The van der Waals surface area contributed by atoms with E-state index in [0.717, 1.165) is 49.8 Å². The van der Waals surface area contributed by atoms with Crippen molar-refractivity contribution >= 4 is 17.5 Å². The second-order valence-electron chi connectivity index (χ2n) is 10.3. The van der Waals surface area contributed by atoms with Crippen LogP contribution >= 0.6 is 0 Å². The molecule has 0 spiro atoms. The molecule has 0 radical (unpaired) electrons. The minimum absolute atomic E-state index is 0.0328. The monoisotopic (exact) mass is 469 g/mol. The molecule has 2 aliphatic carbocycles. The van der Waals surface area contributed by atoms with Gasteiger partial charge in [0.2, 0.25) is 0 Å². The first kappa shape index (κ1) is 23.7. The Balaban J connectivity index is 1.53. The summed E-state index contributed by atoms with van der Waals surface area (Å²) < 4.78 is 6.03. The third-order valence-corrected chi connectivity index (χ3v) is 8.02. The molecule has 2 aromatic carbocycles. The fourth-order valence-corrected chi connectivity index (χ4v) is 6.12. The molecule has 0 bridgehead atoms. The third-order valence-electron chi connectivity index (χ3n) is 8.02. The number of Topliss-reactive ketones (excluding diaryl/α,β-unsaturated/α-hetero) is 1. The van der Waals surface area contributed by atoms with E-state index < -0.39 is 5.92 Å². The van der Waals surface area contributed by atoms with Crippen LogP contribution in [0.2, 0.25) is 0 Å². The fraction of sp³-hybridized carbons (Fsp3) is 0.452. The van der Waals surface area contributed by atoms with Gasteiger partial charge in [-0.15, -0.1) is 0 Å². The summed E-state index contributed by atoms with van der Waals surface area (Å²) in [5.74, 6) is -0.734. The minimum Gasteiger partial charge on any atom is -0.459 e. The van der Waals surface area contributed by atoms with Crippen LogP contribution in [0.25, 0.3) is 0 Å². The first-order valence-electron chi connectivity index (χ1n) is 13.2. The molecule has 35 heavy (non-hydrogen) atoms. The molecule has 1 heterocycles. The van der Waals surface area contributed by atoms with Crippen molar-refractivity contribution in [2.45, 2.75) is 83.2 Å². The van der Waals surface area contributed by atoms with E-state index in [-0.39, 0.29) is 29.7 Å². The Labute approximate surface area is 208 Å². The van der Waals surface area contributed by atoms with Gasteiger partial charge in [-0.3, -0.25) is 9.79 Å². The van der Waals surface area contributed by atoms with E-state index in [4.69, 9.17) is 9.73 Å². The molecule has 2 saturated carbocycles. The van der Waals surface area contributed by atoms with Gasteiger partial charge in [-0.05, 0) is 68.1 Å². The Morgan fingerprint density at radius 3 is 2.31 bits per heavy atom. The SMILES string of the molecule is CCc1ccc([C@@H]2C(C(=O)OC3CCCCC3)=C(C)N=C3C[C@H](c4ccccc4)CC(=O)C32)cc1. The van der Waals surface area contributed by atoms with Crippen LogP contribution in [0.15, 0.2) is 70.9 Å². The lowest BCUT2D eigenvalue weighted by Crippen LogP contribution is -2.41. The van der Waals surface area contributed by atoms with Crippen LogP contribution in [0.4, 0.5) is 0 Å². The molecule has 1 unspecified atom stereocenters. The van der Waals surface area contributed by atoms with E-state index in [1.807, 2.05) is 25.1 Å². The van der Waals surface area contributed by atoms with Crippen molar-refractivity contribution in [2.75, 3.05) is 0 Å². The van der Waals surface area contributed by atoms with E-state index in [9.17, 15) is 9.59 Å². The van der Waals surface area contributed by atoms with Gasteiger partial charge in [-0.2, -0.15) is 0 Å². The second kappa shape index (κ2) is 10.3. The van der Waals surface area contributed by atoms with Crippen LogP contribution in [0.3, 0.4) is 0 Å². The summed E-state index contributed by atoms with van der Waals surface area (Å²) in [4.78, 5) is 32.2. The molecule has 1 aliphatic heterocycles. The molecule has 0 saturated heterocycles. The maximum absolute atomic E-state index is 13.7. The van der Waals surface area contributed by atoms with Crippen molar-refractivity contribution in [1.29, 1.82) is 0 Å². The Hall–Kier alpha value is -3.01. The zero-order valence-electron chi connectivity index (χ0n) is 20.8. The van der Waals surface area contributed by atoms with Crippen molar-refractivity contribution in [3.8, 4) is 0 Å². The van der Waals surface area contributed by atoms with Crippen LogP contribution in [0.1, 0.15) is 87.3 Å². The molecule has 3 aliphatic rings. The lowest BCUT2D eigenvalue weighted by atomic mass is 9.66. The number of esters is 1. The zero-order valence-corrected chi connectivity index (χ0v) is 20.8. The van der Waals surface area contributed by atoms with Gasteiger partial charge in [0.25, 0.3) is 0 Å². The second-order valence-corrected chi connectivity index (χ2v) is 10.3. The van der Waals surface area contributed by atoms with Crippen LogP contribution < -0.4 is 0 Å². The number of fused-ring (bicyclic) bond motifs is 1. The predicted octanol–water partition coefficient (Wildman–Crippen LogP) is 6.70. The van der Waals surface area contributed by atoms with Crippen molar-refractivity contribution in [2.24, 2.45) is 10.9 Å². The summed E-state index contributed by atoms with van der Waals surface area (Å²) in [5, 5.41) is 0. The van der Waals surface area contributed by atoms with E-state index in [1.54, 1.807) is 0 Å². The van der Waals surface area contributed by atoms with E-state index in [2.05, 4.69) is 43.3 Å². The average Bonchev–Trinajstić information content (AvgIpc) is 2.89. The lowest BCUT2D eigenvalue weighted by molar-refractivity contribution is -0.146.